The Hall–Kier alpha value is -2.71. The summed E-state index contributed by atoms with van der Waals surface area (Å²) in [6.45, 7) is 1.44. The van der Waals surface area contributed by atoms with Gasteiger partial charge in [0.15, 0.2) is 6.61 Å². The van der Waals surface area contributed by atoms with Crippen molar-refractivity contribution in [3.63, 3.8) is 0 Å². The number of benzene rings is 2. The third kappa shape index (κ3) is 5.98. The molecule has 0 aliphatic rings. The number of amides is 1. The highest BCUT2D eigenvalue weighted by Gasteiger charge is 2.14. The molecule has 8 heteroatoms. The third-order valence-corrected chi connectivity index (χ3v) is 4.56. The summed E-state index contributed by atoms with van der Waals surface area (Å²) in [6, 6.07) is 15.0. The van der Waals surface area contributed by atoms with Gasteiger partial charge in [-0.1, -0.05) is 43.3 Å². The Labute approximate surface area is 152 Å². The van der Waals surface area contributed by atoms with E-state index in [-0.39, 0.29) is 22.9 Å². The number of rotatable bonds is 7. The molecule has 0 spiro atoms. The molecule has 0 saturated carbocycles. The van der Waals surface area contributed by atoms with Crippen LogP contribution in [0.3, 0.4) is 0 Å². The van der Waals surface area contributed by atoms with Crippen molar-refractivity contribution in [1.29, 1.82) is 0 Å². The fourth-order valence-electron chi connectivity index (χ4n) is 2.30. The zero-order valence-corrected chi connectivity index (χ0v) is 15.0. The largest absolute Gasteiger partial charge is 0.456 e. The number of hydrogen-bond donors (Lipinski definition) is 2. The fraction of sp³-hybridized carbons (Fsp3) is 0.222. The van der Waals surface area contributed by atoms with Crippen molar-refractivity contribution in [2.24, 2.45) is 5.14 Å². The first-order valence-corrected chi connectivity index (χ1v) is 9.43. The maximum Gasteiger partial charge on any atom is 0.306 e. The van der Waals surface area contributed by atoms with Crippen LogP contribution >= 0.6 is 0 Å². The van der Waals surface area contributed by atoms with Crippen molar-refractivity contribution >= 4 is 27.6 Å². The third-order valence-electron chi connectivity index (χ3n) is 3.65. The van der Waals surface area contributed by atoms with Crippen LogP contribution in [0.2, 0.25) is 0 Å². The molecule has 0 aliphatic carbocycles. The molecule has 2 aromatic carbocycles. The molecule has 138 valence electrons. The van der Waals surface area contributed by atoms with Crippen LogP contribution in [0.25, 0.3) is 0 Å². The summed E-state index contributed by atoms with van der Waals surface area (Å²) < 4.78 is 27.6. The van der Waals surface area contributed by atoms with E-state index in [2.05, 4.69) is 5.32 Å². The van der Waals surface area contributed by atoms with Crippen LogP contribution < -0.4 is 10.5 Å². The molecule has 0 saturated heterocycles. The fourth-order valence-corrected chi connectivity index (χ4v) is 2.86. The van der Waals surface area contributed by atoms with Gasteiger partial charge in [-0.2, -0.15) is 0 Å². The van der Waals surface area contributed by atoms with Crippen LogP contribution in [0.5, 0.6) is 0 Å². The predicted octanol–water partition coefficient (Wildman–Crippen LogP) is 2.01. The maximum absolute atomic E-state index is 11.9. The topological polar surface area (TPSA) is 116 Å². The van der Waals surface area contributed by atoms with Gasteiger partial charge in [0.25, 0.3) is 5.91 Å². The van der Waals surface area contributed by atoms with Crippen molar-refractivity contribution in [3.05, 3.63) is 60.2 Å². The van der Waals surface area contributed by atoms with Gasteiger partial charge in [0.1, 0.15) is 0 Å². The number of hydrogen-bond acceptors (Lipinski definition) is 5. The molecule has 3 N–H and O–H groups in total. The molecule has 1 atom stereocenters. The Morgan fingerprint density at radius 2 is 1.81 bits per heavy atom. The van der Waals surface area contributed by atoms with Gasteiger partial charge in [-0.15, -0.1) is 0 Å². The van der Waals surface area contributed by atoms with E-state index >= 15 is 0 Å². The van der Waals surface area contributed by atoms with E-state index in [1.807, 2.05) is 37.3 Å². The quantitative estimate of drug-likeness (QED) is 0.717. The summed E-state index contributed by atoms with van der Waals surface area (Å²) in [4.78, 5) is 23.6. The van der Waals surface area contributed by atoms with Gasteiger partial charge in [-0.05, 0) is 29.7 Å². The molecule has 1 amide bonds. The van der Waals surface area contributed by atoms with Crippen molar-refractivity contribution in [2.75, 3.05) is 11.9 Å². The number of sulfonamides is 1. The Morgan fingerprint density at radius 3 is 2.46 bits per heavy atom. The summed E-state index contributed by atoms with van der Waals surface area (Å²) in [7, 11) is -3.86. The molecule has 0 radical (unpaired) electrons. The Balaban J connectivity index is 1.84. The average molecular weight is 376 g/mol. The van der Waals surface area contributed by atoms with Crippen LogP contribution in [-0.2, 0) is 24.3 Å². The Bertz CT molecular complexity index is 881. The summed E-state index contributed by atoms with van der Waals surface area (Å²) in [5.74, 6) is -1.09. The normalized spacial score (nSPS) is 12.2. The highest BCUT2D eigenvalue weighted by molar-refractivity contribution is 7.89. The number of nitrogens with two attached hydrogens (primary N) is 1. The first-order valence-electron chi connectivity index (χ1n) is 7.89. The van der Waals surface area contributed by atoms with Crippen molar-refractivity contribution in [2.45, 2.75) is 24.2 Å². The first kappa shape index (κ1) is 19.6. The van der Waals surface area contributed by atoms with Crippen LogP contribution in [0, 0.1) is 0 Å². The molecule has 2 aromatic rings. The lowest BCUT2D eigenvalue weighted by molar-refractivity contribution is -0.147. The van der Waals surface area contributed by atoms with Crippen molar-refractivity contribution in [3.8, 4) is 0 Å². The van der Waals surface area contributed by atoms with E-state index in [1.54, 1.807) is 0 Å². The van der Waals surface area contributed by atoms with Gasteiger partial charge < -0.3 is 10.1 Å². The van der Waals surface area contributed by atoms with Gasteiger partial charge in [0.05, 0.1) is 11.3 Å². The molecule has 0 aromatic heterocycles. The van der Waals surface area contributed by atoms with Crippen LogP contribution in [0.4, 0.5) is 5.69 Å². The lowest BCUT2D eigenvalue weighted by atomic mass is 9.98. The minimum atomic E-state index is -3.86. The van der Waals surface area contributed by atoms with Gasteiger partial charge in [0, 0.05) is 5.69 Å². The molecule has 0 unspecified atom stereocenters. The van der Waals surface area contributed by atoms with E-state index in [0.29, 0.717) is 0 Å². The van der Waals surface area contributed by atoms with Crippen molar-refractivity contribution in [1.82, 2.24) is 0 Å². The molecule has 0 fully saturated rings. The number of ether oxygens (including phenoxy) is 1. The average Bonchev–Trinajstić information content (AvgIpc) is 2.60. The smallest absolute Gasteiger partial charge is 0.306 e. The lowest BCUT2D eigenvalue weighted by Gasteiger charge is -2.11. The van der Waals surface area contributed by atoms with Crippen molar-refractivity contribution < 1.29 is 22.7 Å². The summed E-state index contributed by atoms with van der Waals surface area (Å²) in [5, 5.41) is 7.50. The molecule has 2 rings (SSSR count). The minimum Gasteiger partial charge on any atom is -0.456 e. The monoisotopic (exact) mass is 376 g/mol. The molecule has 26 heavy (non-hydrogen) atoms. The van der Waals surface area contributed by atoms with E-state index in [1.165, 1.54) is 24.3 Å². The van der Waals surface area contributed by atoms with E-state index < -0.39 is 28.5 Å². The van der Waals surface area contributed by atoms with E-state index in [0.717, 1.165) is 5.56 Å². The van der Waals surface area contributed by atoms with Gasteiger partial charge in [-0.25, -0.2) is 13.6 Å². The molecular weight excluding hydrogens is 356 g/mol. The standard InChI is InChI=1S/C18H20N2O5S/c1-13(14-6-3-2-4-7-14)10-18(22)25-12-17(21)20-15-8-5-9-16(11-15)26(19,23)24/h2-9,11,13H,10,12H2,1H3,(H,20,21)(H2,19,23,24)/t13-/m1/s1. The van der Waals surface area contributed by atoms with Crippen LogP contribution in [-0.4, -0.2) is 26.9 Å². The second-order valence-electron chi connectivity index (χ2n) is 5.80. The predicted molar refractivity (Wildman–Crippen MR) is 96.9 cm³/mol. The number of carbonyl (C=O) groups is 2. The highest BCUT2D eigenvalue weighted by atomic mass is 32.2. The molecule has 0 aliphatic heterocycles. The van der Waals surface area contributed by atoms with Gasteiger partial charge in [0.2, 0.25) is 10.0 Å². The molecule has 7 nitrogen and oxygen atoms in total. The maximum atomic E-state index is 11.9. The summed E-state index contributed by atoms with van der Waals surface area (Å²) in [5.41, 5.74) is 1.25. The molecular formula is C18H20N2O5S. The van der Waals surface area contributed by atoms with E-state index in [9.17, 15) is 18.0 Å². The zero-order chi connectivity index (χ0) is 19.2. The SMILES string of the molecule is C[C@H](CC(=O)OCC(=O)Nc1cccc(S(N)(=O)=O)c1)c1ccccc1. The number of nitrogens with one attached hydrogen (secondary N) is 1. The zero-order valence-electron chi connectivity index (χ0n) is 14.2. The second-order valence-corrected chi connectivity index (χ2v) is 7.36. The lowest BCUT2D eigenvalue weighted by Crippen LogP contribution is -2.21. The summed E-state index contributed by atoms with van der Waals surface area (Å²) >= 11 is 0. The number of carbonyl (C=O) groups excluding carboxylic acids is 2. The Kier molecular flexibility index (Phi) is 6.48. The highest BCUT2D eigenvalue weighted by Crippen LogP contribution is 2.19. The van der Waals surface area contributed by atoms with Gasteiger partial charge in [-0.3, -0.25) is 9.59 Å². The van der Waals surface area contributed by atoms with Crippen LogP contribution in [0.15, 0.2) is 59.5 Å². The molecule has 0 bridgehead atoms. The summed E-state index contributed by atoms with van der Waals surface area (Å²) in [6.07, 6.45) is 0.151. The number of anilines is 1. The second kappa shape index (κ2) is 8.59. The first-order chi connectivity index (χ1) is 12.3. The van der Waals surface area contributed by atoms with Gasteiger partial charge >= 0.3 is 5.97 Å². The molecule has 0 heterocycles. The Morgan fingerprint density at radius 1 is 1.12 bits per heavy atom. The number of esters is 1. The minimum absolute atomic E-state index is 0.0294. The van der Waals surface area contributed by atoms with E-state index in [4.69, 9.17) is 9.88 Å². The van der Waals surface area contributed by atoms with Crippen LogP contribution in [0.1, 0.15) is 24.8 Å². The number of primary sulfonamides is 1.